The van der Waals surface area contributed by atoms with Gasteiger partial charge in [-0.3, -0.25) is 0 Å². The summed E-state index contributed by atoms with van der Waals surface area (Å²) in [6.07, 6.45) is 0. The Kier molecular flexibility index (Phi) is 5.34. The second-order valence-electron chi connectivity index (χ2n) is 5.84. The molecule has 0 saturated heterocycles. The van der Waals surface area contributed by atoms with Crippen molar-refractivity contribution in [3.05, 3.63) is 63.7 Å². The van der Waals surface area contributed by atoms with Gasteiger partial charge in [0.2, 0.25) is 10.0 Å². The normalized spacial score (nSPS) is 12.7. The fraction of sp³-hybridized carbons (Fsp3) is 0.167. The van der Waals surface area contributed by atoms with Crippen molar-refractivity contribution < 1.29 is 8.42 Å². The van der Waals surface area contributed by atoms with E-state index >= 15 is 0 Å². The zero-order valence-electron chi connectivity index (χ0n) is 14.5. The van der Waals surface area contributed by atoms with Crippen LogP contribution in [0.15, 0.2) is 63.8 Å². The third kappa shape index (κ3) is 3.61. The van der Waals surface area contributed by atoms with E-state index in [2.05, 4.69) is 4.99 Å². The SMILES string of the molecule is CN(C)S(=O)(=O)c1cc(-c2cs/c(=N\c3ccccc3)n2C)ccc1Cl. The predicted molar refractivity (Wildman–Crippen MR) is 106 cm³/mol. The van der Waals surface area contributed by atoms with Crippen LogP contribution in [0.1, 0.15) is 0 Å². The summed E-state index contributed by atoms with van der Waals surface area (Å²) in [5.41, 5.74) is 2.50. The van der Waals surface area contributed by atoms with Crippen molar-refractivity contribution in [2.24, 2.45) is 12.0 Å². The summed E-state index contributed by atoms with van der Waals surface area (Å²) in [7, 11) is 1.26. The summed E-state index contributed by atoms with van der Waals surface area (Å²) in [6, 6.07) is 14.7. The molecule has 0 unspecified atom stereocenters. The molecule has 1 heterocycles. The molecule has 5 nitrogen and oxygen atoms in total. The van der Waals surface area contributed by atoms with Crippen molar-refractivity contribution in [1.29, 1.82) is 0 Å². The highest BCUT2D eigenvalue weighted by Crippen LogP contribution is 2.29. The third-order valence-corrected chi connectivity index (χ3v) is 7.10. The Bertz CT molecular complexity index is 1100. The number of aromatic nitrogens is 1. The quantitative estimate of drug-likeness (QED) is 0.658. The summed E-state index contributed by atoms with van der Waals surface area (Å²) in [5, 5.41) is 2.16. The maximum absolute atomic E-state index is 12.5. The number of benzene rings is 2. The van der Waals surface area contributed by atoms with Crippen molar-refractivity contribution in [2.75, 3.05) is 14.1 Å². The van der Waals surface area contributed by atoms with Gasteiger partial charge in [-0.05, 0) is 24.3 Å². The molecule has 0 N–H and O–H groups in total. The van der Waals surface area contributed by atoms with Gasteiger partial charge >= 0.3 is 0 Å². The van der Waals surface area contributed by atoms with Gasteiger partial charge in [0.15, 0.2) is 4.80 Å². The molecule has 1 aromatic heterocycles. The smallest absolute Gasteiger partial charge is 0.244 e. The van der Waals surface area contributed by atoms with Gasteiger partial charge in [0, 0.05) is 32.1 Å². The Labute approximate surface area is 161 Å². The average Bonchev–Trinajstić information content (AvgIpc) is 2.97. The molecule has 3 aromatic rings. The van der Waals surface area contributed by atoms with Gasteiger partial charge in [-0.25, -0.2) is 17.7 Å². The Morgan fingerprint density at radius 1 is 1.12 bits per heavy atom. The average molecular weight is 408 g/mol. The lowest BCUT2D eigenvalue weighted by molar-refractivity contribution is 0.521. The molecule has 26 heavy (non-hydrogen) atoms. The number of rotatable bonds is 4. The molecule has 0 aliphatic rings. The molecule has 0 radical (unpaired) electrons. The highest BCUT2D eigenvalue weighted by atomic mass is 35.5. The van der Waals surface area contributed by atoms with Crippen molar-refractivity contribution in [3.8, 4) is 11.3 Å². The van der Waals surface area contributed by atoms with Crippen LogP contribution in [0.4, 0.5) is 5.69 Å². The van der Waals surface area contributed by atoms with E-state index in [4.69, 9.17) is 11.6 Å². The van der Waals surface area contributed by atoms with Crippen LogP contribution in [-0.2, 0) is 17.1 Å². The van der Waals surface area contributed by atoms with Gasteiger partial charge in [-0.1, -0.05) is 35.9 Å². The van der Waals surface area contributed by atoms with Crippen molar-refractivity contribution in [2.45, 2.75) is 4.90 Å². The molecule has 0 spiro atoms. The van der Waals surface area contributed by atoms with Crippen LogP contribution in [-0.4, -0.2) is 31.4 Å². The van der Waals surface area contributed by atoms with E-state index in [0.717, 1.165) is 26.1 Å². The molecular weight excluding hydrogens is 390 g/mol. The zero-order chi connectivity index (χ0) is 18.9. The monoisotopic (exact) mass is 407 g/mol. The van der Waals surface area contributed by atoms with Crippen LogP contribution in [0, 0.1) is 0 Å². The van der Waals surface area contributed by atoms with E-state index in [1.165, 1.54) is 25.4 Å². The van der Waals surface area contributed by atoms with Crippen LogP contribution >= 0.6 is 22.9 Å². The molecule has 0 bridgehead atoms. The van der Waals surface area contributed by atoms with E-state index in [1.54, 1.807) is 12.1 Å². The highest BCUT2D eigenvalue weighted by molar-refractivity contribution is 7.89. The van der Waals surface area contributed by atoms with Crippen molar-refractivity contribution >= 4 is 38.6 Å². The van der Waals surface area contributed by atoms with E-state index in [-0.39, 0.29) is 9.92 Å². The Morgan fingerprint density at radius 3 is 2.46 bits per heavy atom. The second-order valence-corrected chi connectivity index (χ2v) is 9.21. The van der Waals surface area contributed by atoms with E-state index in [1.807, 2.05) is 53.4 Å². The van der Waals surface area contributed by atoms with Crippen LogP contribution in [0.5, 0.6) is 0 Å². The Morgan fingerprint density at radius 2 is 1.81 bits per heavy atom. The van der Waals surface area contributed by atoms with Gasteiger partial charge in [0.05, 0.1) is 16.4 Å². The summed E-state index contributed by atoms with van der Waals surface area (Å²) in [5.74, 6) is 0. The standard InChI is InChI=1S/C18H18ClN3O2S2/c1-21(2)26(23,24)17-11-13(9-10-15(17)19)16-12-25-18(22(16)3)20-14-7-5-4-6-8-14/h4-12H,1-3H3/b20-18-. The van der Waals surface area contributed by atoms with Crippen molar-refractivity contribution in [3.63, 3.8) is 0 Å². The summed E-state index contributed by atoms with van der Waals surface area (Å²) < 4.78 is 28.1. The number of thiazole rings is 1. The molecule has 0 amide bonds. The summed E-state index contributed by atoms with van der Waals surface area (Å²) >= 11 is 7.63. The van der Waals surface area contributed by atoms with Crippen LogP contribution < -0.4 is 4.80 Å². The van der Waals surface area contributed by atoms with Gasteiger partial charge in [-0.15, -0.1) is 11.3 Å². The first kappa shape index (κ1) is 18.8. The Balaban J connectivity index is 2.11. The largest absolute Gasteiger partial charge is 0.320 e. The first-order valence-corrected chi connectivity index (χ1v) is 10.5. The van der Waals surface area contributed by atoms with Crippen LogP contribution in [0.3, 0.4) is 0 Å². The lowest BCUT2D eigenvalue weighted by Crippen LogP contribution is -2.22. The molecule has 8 heteroatoms. The van der Waals surface area contributed by atoms with E-state index in [9.17, 15) is 8.42 Å². The molecule has 0 aliphatic heterocycles. The Hall–Kier alpha value is -1.93. The van der Waals surface area contributed by atoms with Crippen LogP contribution in [0.2, 0.25) is 5.02 Å². The first-order valence-electron chi connectivity index (χ1n) is 7.77. The molecule has 0 saturated carbocycles. The lowest BCUT2D eigenvalue weighted by Gasteiger charge is -2.14. The molecule has 0 aliphatic carbocycles. The fourth-order valence-corrected chi connectivity index (χ4v) is 4.72. The topological polar surface area (TPSA) is 54.7 Å². The fourth-order valence-electron chi connectivity index (χ4n) is 2.40. The summed E-state index contributed by atoms with van der Waals surface area (Å²) in [6.45, 7) is 0. The zero-order valence-corrected chi connectivity index (χ0v) is 16.9. The van der Waals surface area contributed by atoms with Gasteiger partial charge < -0.3 is 4.57 Å². The predicted octanol–water partition coefficient (Wildman–Crippen LogP) is 3.89. The minimum absolute atomic E-state index is 0.0921. The number of para-hydroxylation sites is 1. The second kappa shape index (κ2) is 7.36. The third-order valence-electron chi connectivity index (χ3n) is 3.89. The number of sulfonamides is 1. The molecule has 3 rings (SSSR count). The highest BCUT2D eigenvalue weighted by Gasteiger charge is 2.22. The number of nitrogens with zero attached hydrogens (tertiary/aromatic N) is 3. The molecule has 136 valence electrons. The number of hydrogen-bond acceptors (Lipinski definition) is 4. The maximum Gasteiger partial charge on any atom is 0.244 e. The first-order chi connectivity index (χ1) is 12.3. The molecule has 2 aromatic carbocycles. The van der Waals surface area contributed by atoms with Crippen LogP contribution in [0.25, 0.3) is 11.3 Å². The molecular formula is C18H18ClN3O2S2. The van der Waals surface area contributed by atoms with E-state index in [0.29, 0.717) is 0 Å². The van der Waals surface area contributed by atoms with Gasteiger partial charge in [0.1, 0.15) is 4.90 Å². The maximum atomic E-state index is 12.5. The van der Waals surface area contributed by atoms with Gasteiger partial charge in [-0.2, -0.15) is 0 Å². The molecule has 0 atom stereocenters. The van der Waals surface area contributed by atoms with Gasteiger partial charge in [0.25, 0.3) is 0 Å². The number of halogens is 1. The minimum atomic E-state index is -3.62. The van der Waals surface area contributed by atoms with Crippen molar-refractivity contribution in [1.82, 2.24) is 8.87 Å². The minimum Gasteiger partial charge on any atom is -0.320 e. The lowest BCUT2D eigenvalue weighted by atomic mass is 10.2. The van der Waals surface area contributed by atoms with E-state index < -0.39 is 10.0 Å². The summed E-state index contributed by atoms with van der Waals surface area (Å²) in [4.78, 5) is 5.54. The molecule has 0 fully saturated rings. The number of hydrogen-bond donors (Lipinski definition) is 0.